The van der Waals surface area contributed by atoms with Gasteiger partial charge in [-0.1, -0.05) is 23.7 Å². The van der Waals surface area contributed by atoms with Crippen molar-refractivity contribution in [2.24, 2.45) is 0 Å². The number of aryl methyl sites for hydroxylation is 1. The molecule has 2 heterocycles. The van der Waals surface area contributed by atoms with Gasteiger partial charge in [-0.05, 0) is 30.2 Å². The van der Waals surface area contributed by atoms with Crippen molar-refractivity contribution >= 4 is 17.5 Å². The first-order chi connectivity index (χ1) is 11.9. The van der Waals surface area contributed by atoms with E-state index in [4.69, 9.17) is 16.3 Å². The van der Waals surface area contributed by atoms with Crippen molar-refractivity contribution in [3.8, 4) is 0 Å². The van der Waals surface area contributed by atoms with Gasteiger partial charge in [0, 0.05) is 29.9 Å². The minimum Gasteiger partial charge on any atom is -0.370 e. The predicted octanol–water partition coefficient (Wildman–Crippen LogP) is 4.20. The summed E-state index contributed by atoms with van der Waals surface area (Å²) in [5.74, 6) is 0.432. The molecule has 1 aromatic heterocycles. The number of anilines is 1. The van der Waals surface area contributed by atoms with E-state index in [1.165, 1.54) is 12.3 Å². The Morgan fingerprint density at radius 2 is 1.96 bits per heavy atom. The Bertz CT molecular complexity index is 709. The number of alkyl halides is 3. The highest BCUT2D eigenvalue weighted by Gasteiger charge is 2.27. The number of aromatic nitrogens is 2. The Labute approximate surface area is 148 Å². The van der Waals surface area contributed by atoms with Crippen LogP contribution < -0.4 is 4.90 Å². The maximum absolute atomic E-state index is 12.4. The summed E-state index contributed by atoms with van der Waals surface area (Å²) in [6, 6.07) is 8.92. The fourth-order valence-electron chi connectivity index (χ4n) is 2.66. The van der Waals surface area contributed by atoms with Crippen LogP contribution in [0.4, 0.5) is 19.1 Å². The summed E-state index contributed by atoms with van der Waals surface area (Å²) in [4.78, 5) is 10.4. The third-order valence-electron chi connectivity index (χ3n) is 3.96. The van der Waals surface area contributed by atoms with Gasteiger partial charge in [-0.15, -0.1) is 0 Å². The van der Waals surface area contributed by atoms with Crippen molar-refractivity contribution in [1.82, 2.24) is 9.97 Å². The van der Waals surface area contributed by atoms with Crippen LogP contribution in [0.25, 0.3) is 0 Å². The van der Waals surface area contributed by atoms with Gasteiger partial charge in [0.1, 0.15) is 6.10 Å². The Kier molecular flexibility index (Phi) is 5.44. The lowest BCUT2D eigenvalue weighted by Crippen LogP contribution is -2.39. The Hall–Kier alpha value is -1.86. The zero-order valence-electron chi connectivity index (χ0n) is 13.3. The van der Waals surface area contributed by atoms with Crippen LogP contribution in [0.2, 0.25) is 5.02 Å². The molecule has 1 atom stereocenters. The second-order valence-electron chi connectivity index (χ2n) is 5.82. The Balaban J connectivity index is 1.69. The molecular formula is C17H17ClF3N3O. The first kappa shape index (κ1) is 17.9. The molecule has 134 valence electrons. The summed E-state index contributed by atoms with van der Waals surface area (Å²) < 4.78 is 42.9. The van der Waals surface area contributed by atoms with E-state index in [0.29, 0.717) is 36.4 Å². The van der Waals surface area contributed by atoms with Crippen LogP contribution in [0.15, 0.2) is 36.5 Å². The number of rotatable bonds is 4. The lowest BCUT2D eigenvalue weighted by Gasteiger charge is -2.33. The largest absolute Gasteiger partial charge is 0.389 e. The topological polar surface area (TPSA) is 38.2 Å². The van der Waals surface area contributed by atoms with Crippen molar-refractivity contribution < 1.29 is 17.9 Å². The van der Waals surface area contributed by atoms with E-state index in [1.54, 1.807) is 12.1 Å². The zero-order chi connectivity index (χ0) is 17.9. The van der Waals surface area contributed by atoms with E-state index in [2.05, 4.69) is 9.97 Å². The number of ether oxygens (including phenoxy) is 1. The van der Waals surface area contributed by atoms with Crippen molar-refractivity contribution in [2.45, 2.75) is 25.1 Å². The highest BCUT2D eigenvalue weighted by Crippen LogP contribution is 2.26. The molecular weight excluding hydrogens is 355 g/mol. The standard InChI is InChI=1S/C17H17ClF3N3O/c18-13-3-1-12(2-4-13)15-11-24(9-10-25-15)16-22-8-6-14(23-16)5-7-17(19,20)21/h1-4,6,8,15H,5,7,9-11H2/t15-/m0/s1. The molecule has 1 aliphatic heterocycles. The Morgan fingerprint density at radius 3 is 2.68 bits per heavy atom. The second-order valence-corrected chi connectivity index (χ2v) is 6.26. The number of benzene rings is 1. The van der Waals surface area contributed by atoms with Crippen LogP contribution in [0.3, 0.4) is 0 Å². The molecule has 0 amide bonds. The van der Waals surface area contributed by atoms with Gasteiger partial charge >= 0.3 is 6.18 Å². The highest BCUT2D eigenvalue weighted by molar-refractivity contribution is 6.30. The van der Waals surface area contributed by atoms with Gasteiger partial charge in [-0.2, -0.15) is 13.2 Å². The quantitative estimate of drug-likeness (QED) is 0.807. The molecule has 1 aliphatic rings. The van der Waals surface area contributed by atoms with Crippen molar-refractivity contribution in [1.29, 1.82) is 0 Å². The number of morpholine rings is 1. The lowest BCUT2D eigenvalue weighted by atomic mass is 10.1. The number of halogens is 4. The number of hydrogen-bond donors (Lipinski definition) is 0. The minimum atomic E-state index is -4.19. The Morgan fingerprint density at radius 1 is 1.20 bits per heavy atom. The fourth-order valence-corrected chi connectivity index (χ4v) is 2.78. The third-order valence-corrected chi connectivity index (χ3v) is 4.21. The van der Waals surface area contributed by atoms with E-state index in [1.807, 2.05) is 17.0 Å². The van der Waals surface area contributed by atoms with Gasteiger partial charge in [-0.3, -0.25) is 0 Å². The molecule has 3 rings (SSSR count). The monoisotopic (exact) mass is 371 g/mol. The molecule has 0 spiro atoms. The molecule has 0 bridgehead atoms. The molecule has 25 heavy (non-hydrogen) atoms. The van der Waals surface area contributed by atoms with Crippen molar-refractivity contribution in [3.05, 3.63) is 52.8 Å². The normalized spacial score (nSPS) is 18.4. The average molecular weight is 372 g/mol. The molecule has 0 saturated carbocycles. The van der Waals surface area contributed by atoms with E-state index in [-0.39, 0.29) is 12.5 Å². The van der Waals surface area contributed by atoms with Crippen LogP contribution in [-0.2, 0) is 11.2 Å². The van der Waals surface area contributed by atoms with E-state index < -0.39 is 12.6 Å². The average Bonchev–Trinajstić information content (AvgIpc) is 2.60. The molecule has 8 heteroatoms. The second kappa shape index (κ2) is 7.58. The molecule has 2 aromatic rings. The van der Waals surface area contributed by atoms with Crippen LogP contribution in [0.1, 0.15) is 23.8 Å². The predicted molar refractivity (Wildman–Crippen MR) is 88.8 cm³/mol. The first-order valence-electron chi connectivity index (χ1n) is 7.91. The maximum Gasteiger partial charge on any atom is 0.389 e. The van der Waals surface area contributed by atoms with Crippen molar-refractivity contribution in [3.63, 3.8) is 0 Å². The lowest BCUT2D eigenvalue weighted by molar-refractivity contribution is -0.134. The van der Waals surface area contributed by atoms with Gasteiger partial charge in [-0.25, -0.2) is 9.97 Å². The van der Waals surface area contributed by atoms with Crippen LogP contribution in [0.5, 0.6) is 0 Å². The third kappa shape index (κ3) is 5.06. The zero-order valence-corrected chi connectivity index (χ0v) is 14.1. The molecule has 1 aromatic carbocycles. The number of hydrogen-bond acceptors (Lipinski definition) is 4. The van der Waals surface area contributed by atoms with Crippen LogP contribution in [-0.4, -0.2) is 35.8 Å². The molecule has 1 fully saturated rings. The van der Waals surface area contributed by atoms with E-state index in [0.717, 1.165) is 5.56 Å². The van der Waals surface area contributed by atoms with Gasteiger partial charge in [0.15, 0.2) is 0 Å². The first-order valence-corrected chi connectivity index (χ1v) is 8.29. The van der Waals surface area contributed by atoms with Crippen molar-refractivity contribution in [2.75, 3.05) is 24.6 Å². The maximum atomic E-state index is 12.4. The SMILES string of the molecule is FC(F)(F)CCc1ccnc(N2CCO[C@H](c3ccc(Cl)cc3)C2)n1. The number of nitrogens with zero attached hydrogens (tertiary/aromatic N) is 3. The van der Waals surface area contributed by atoms with Gasteiger partial charge < -0.3 is 9.64 Å². The summed E-state index contributed by atoms with van der Waals surface area (Å²) in [6.45, 7) is 1.61. The molecule has 0 unspecified atom stereocenters. The summed E-state index contributed by atoms with van der Waals surface area (Å²) >= 11 is 5.90. The van der Waals surface area contributed by atoms with Crippen LogP contribution >= 0.6 is 11.6 Å². The molecule has 1 saturated heterocycles. The van der Waals surface area contributed by atoms with Gasteiger partial charge in [0.2, 0.25) is 5.95 Å². The van der Waals surface area contributed by atoms with Crippen LogP contribution in [0, 0.1) is 0 Å². The molecule has 0 radical (unpaired) electrons. The molecule has 0 aliphatic carbocycles. The fraction of sp³-hybridized carbons (Fsp3) is 0.412. The van der Waals surface area contributed by atoms with Gasteiger partial charge in [0.25, 0.3) is 0 Å². The summed E-state index contributed by atoms with van der Waals surface area (Å²) in [5.41, 5.74) is 1.37. The van der Waals surface area contributed by atoms with E-state index in [9.17, 15) is 13.2 Å². The summed E-state index contributed by atoms with van der Waals surface area (Å²) in [6.07, 6.45) is -3.89. The summed E-state index contributed by atoms with van der Waals surface area (Å²) in [7, 11) is 0. The molecule has 0 N–H and O–H groups in total. The van der Waals surface area contributed by atoms with E-state index >= 15 is 0 Å². The smallest absolute Gasteiger partial charge is 0.370 e. The summed E-state index contributed by atoms with van der Waals surface area (Å²) in [5, 5.41) is 0.650. The van der Waals surface area contributed by atoms with Gasteiger partial charge in [0.05, 0.1) is 13.2 Å². The minimum absolute atomic E-state index is 0.149. The highest BCUT2D eigenvalue weighted by atomic mass is 35.5. The molecule has 4 nitrogen and oxygen atoms in total.